The van der Waals surface area contributed by atoms with Gasteiger partial charge < -0.3 is 9.47 Å². The zero-order valence-corrected chi connectivity index (χ0v) is 12.3. The van der Waals surface area contributed by atoms with Gasteiger partial charge in [-0.1, -0.05) is 63.6 Å². The van der Waals surface area contributed by atoms with Gasteiger partial charge in [-0.2, -0.15) is 0 Å². The molecule has 0 aliphatic carbocycles. The Morgan fingerprint density at radius 2 is 1.47 bits per heavy atom. The third-order valence-corrected chi connectivity index (χ3v) is 2.96. The van der Waals surface area contributed by atoms with E-state index in [0.29, 0.717) is 0 Å². The van der Waals surface area contributed by atoms with Gasteiger partial charge in [0.1, 0.15) is 5.75 Å². The average Bonchev–Trinajstić information content (AvgIpc) is 3.31. The number of epoxide rings is 1. The Kier molecular flexibility index (Phi) is 10.2. The number of rotatable bonds is 9. The van der Waals surface area contributed by atoms with Crippen LogP contribution < -0.4 is 4.74 Å². The Labute approximate surface area is 118 Å². The minimum absolute atomic E-state index is 0.859. The maximum Gasteiger partial charge on any atom is 0.119 e. The molecule has 2 nitrogen and oxygen atoms in total. The van der Waals surface area contributed by atoms with Crippen LogP contribution in [-0.4, -0.2) is 19.8 Å². The molecular weight excluding hydrogens is 236 g/mol. The first-order valence-corrected chi connectivity index (χ1v) is 7.69. The molecule has 1 saturated heterocycles. The molecule has 0 unspecified atom stereocenters. The van der Waals surface area contributed by atoms with Crippen LogP contribution in [0.3, 0.4) is 0 Å². The first kappa shape index (κ1) is 16.0. The van der Waals surface area contributed by atoms with Crippen LogP contribution in [0.2, 0.25) is 0 Å². The predicted molar refractivity (Wildman–Crippen MR) is 80.7 cm³/mol. The van der Waals surface area contributed by atoms with E-state index in [2.05, 4.69) is 11.7 Å². The van der Waals surface area contributed by atoms with Gasteiger partial charge in [0, 0.05) is 0 Å². The minimum atomic E-state index is 0.859. The maximum absolute atomic E-state index is 5.63. The van der Waals surface area contributed by atoms with Gasteiger partial charge in [0.2, 0.25) is 0 Å². The van der Waals surface area contributed by atoms with E-state index in [9.17, 15) is 0 Å². The van der Waals surface area contributed by atoms with E-state index in [4.69, 9.17) is 4.74 Å². The highest BCUT2D eigenvalue weighted by Gasteiger charge is 1.94. The Balaban J connectivity index is 0.000000524. The summed E-state index contributed by atoms with van der Waals surface area (Å²) in [6.45, 7) is 5.12. The first-order chi connectivity index (χ1) is 9.43. The highest BCUT2D eigenvalue weighted by molar-refractivity contribution is 5.20. The van der Waals surface area contributed by atoms with E-state index >= 15 is 0 Å². The smallest absolute Gasteiger partial charge is 0.119 e. The van der Waals surface area contributed by atoms with E-state index in [0.717, 1.165) is 25.6 Å². The fourth-order valence-corrected chi connectivity index (χ4v) is 1.77. The van der Waals surface area contributed by atoms with E-state index in [1.807, 2.05) is 30.3 Å². The van der Waals surface area contributed by atoms with Gasteiger partial charge in [-0.15, -0.1) is 0 Å². The Hall–Kier alpha value is -1.02. The standard InChI is InChI=1S/C15H24O.C2H4O/c1-2-3-4-5-6-7-11-14-16-15-12-9-8-10-13-15;1-2-3-1/h8-10,12-13H,2-7,11,14H2,1H3;1-2H2. The number of benzene rings is 1. The summed E-state index contributed by atoms with van der Waals surface area (Å²) in [5, 5.41) is 0. The second-order valence-corrected chi connectivity index (χ2v) is 4.90. The molecule has 19 heavy (non-hydrogen) atoms. The molecule has 0 spiro atoms. The van der Waals surface area contributed by atoms with Crippen molar-refractivity contribution >= 4 is 0 Å². The van der Waals surface area contributed by atoms with Crippen LogP contribution in [0.25, 0.3) is 0 Å². The molecule has 0 bridgehead atoms. The number of hydrogen-bond acceptors (Lipinski definition) is 2. The summed E-state index contributed by atoms with van der Waals surface area (Å²) in [4.78, 5) is 0. The zero-order valence-electron chi connectivity index (χ0n) is 12.3. The fourth-order valence-electron chi connectivity index (χ4n) is 1.77. The topological polar surface area (TPSA) is 21.8 Å². The van der Waals surface area contributed by atoms with Gasteiger partial charge in [-0.05, 0) is 18.6 Å². The highest BCUT2D eigenvalue weighted by Crippen LogP contribution is 2.10. The summed E-state index contributed by atoms with van der Waals surface area (Å²) in [6.07, 6.45) is 9.35. The Morgan fingerprint density at radius 3 is 2.05 bits per heavy atom. The molecule has 2 rings (SSSR count). The molecule has 108 valence electrons. The zero-order chi connectivity index (χ0) is 13.6. The van der Waals surface area contributed by atoms with Crippen molar-refractivity contribution < 1.29 is 9.47 Å². The van der Waals surface area contributed by atoms with Crippen molar-refractivity contribution in [1.29, 1.82) is 0 Å². The van der Waals surface area contributed by atoms with Crippen LogP contribution in [-0.2, 0) is 4.74 Å². The molecule has 0 atom stereocenters. The van der Waals surface area contributed by atoms with Gasteiger partial charge in [0.05, 0.1) is 19.8 Å². The lowest BCUT2D eigenvalue weighted by Crippen LogP contribution is -1.96. The van der Waals surface area contributed by atoms with E-state index in [-0.39, 0.29) is 0 Å². The molecule has 0 aromatic heterocycles. The van der Waals surface area contributed by atoms with Crippen molar-refractivity contribution in [2.75, 3.05) is 19.8 Å². The summed E-state index contributed by atoms with van der Waals surface area (Å²) in [6, 6.07) is 10.1. The summed E-state index contributed by atoms with van der Waals surface area (Å²) in [7, 11) is 0. The van der Waals surface area contributed by atoms with Crippen molar-refractivity contribution in [3.05, 3.63) is 30.3 Å². The monoisotopic (exact) mass is 264 g/mol. The second kappa shape index (κ2) is 12.0. The van der Waals surface area contributed by atoms with Crippen molar-refractivity contribution in [3.63, 3.8) is 0 Å². The lowest BCUT2D eigenvalue weighted by molar-refractivity contribution is 0.304. The van der Waals surface area contributed by atoms with Crippen LogP contribution in [0, 0.1) is 0 Å². The molecule has 1 aliphatic heterocycles. The molecule has 1 aromatic carbocycles. The summed E-state index contributed by atoms with van der Waals surface area (Å²) in [5.74, 6) is 0.994. The quantitative estimate of drug-likeness (QED) is 0.470. The first-order valence-electron chi connectivity index (χ1n) is 7.69. The molecule has 0 saturated carbocycles. The molecule has 2 heteroatoms. The van der Waals surface area contributed by atoms with Crippen molar-refractivity contribution in [2.24, 2.45) is 0 Å². The molecule has 0 amide bonds. The van der Waals surface area contributed by atoms with Crippen molar-refractivity contribution in [3.8, 4) is 5.75 Å². The Morgan fingerprint density at radius 1 is 0.895 bits per heavy atom. The lowest BCUT2D eigenvalue weighted by Gasteiger charge is -2.05. The maximum atomic E-state index is 5.63. The number of para-hydroxylation sites is 1. The minimum Gasteiger partial charge on any atom is -0.494 e. The molecular formula is C17H28O2. The molecule has 1 heterocycles. The summed E-state index contributed by atoms with van der Waals surface area (Å²) < 4.78 is 10.1. The van der Waals surface area contributed by atoms with Gasteiger partial charge in [0.15, 0.2) is 0 Å². The van der Waals surface area contributed by atoms with Gasteiger partial charge in [-0.3, -0.25) is 0 Å². The third kappa shape index (κ3) is 11.8. The van der Waals surface area contributed by atoms with Crippen molar-refractivity contribution in [2.45, 2.75) is 51.9 Å². The van der Waals surface area contributed by atoms with E-state index in [1.54, 1.807) is 0 Å². The summed E-state index contributed by atoms with van der Waals surface area (Å²) in [5.41, 5.74) is 0. The number of hydrogen-bond donors (Lipinski definition) is 0. The van der Waals surface area contributed by atoms with Gasteiger partial charge in [0.25, 0.3) is 0 Å². The summed E-state index contributed by atoms with van der Waals surface area (Å²) >= 11 is 0. The van der Waals surface area contributed by atoms with Gasteiger partial charge in [-0.25, -0.2) is 0 Å². The van der Waals surface area contributed by atoms with Crippen LogP contribution in [0.1, 0.15) is 51.9 Å². The second-order valence-electron chi connectivity index (χ2n) is 4.90. The Bertz CT molecular complexity index is 280. The number of unbranched alkanes of at least 4 members (excludes halogenated alkanes) is 6. The van der Waals surface area contributed by atoms with Crippen LogP contribution in [0.5, 0.6) is 5.75 Å². The van der Waals surface area contributed by atoms with Crippen LogP contribution in [0.4, 0.5) is 0 Å². The largest absolute Gasteiger partial charge is 0.494 e. The number of ether oxygens (including phenoxy) is 2. The lowest BCUT2D eigenvalue weighted by atomic mass is 10.1. The van der Waals surface area contributed by atoms with Crippen LogP contribution >= 0.6 is 0 Å². The molecule has 1 fully saturated rings. The van der Waals surface area contributed by atoms with Gasteiger partial charge >= 0.3 is 0 Å². The fraction of sp³-hybridized carbons (Fsp3) is 0.647. The SMILES string of the molecule is C1CO1.CCCCCCCCCOc1ccccc1. The third-order valence-electron chi connectivity index (χ3n) is 2.96. The molecule has 1 aromatic rings. The van der Waals surface area contributed by atoms with E-state index in [1.165, 1.54) is 44.9 Å². The molecule has 1 aliphatic rings. The van der Waals surface area contributed by atoms with Crippen LogP contribution in [0.15, 0.2) is 30.3 Å². The van der Waals surface area contributed by atoms with Crippen molar-refractivity contribution in [1.82, 2.24) is 0 Å². The predicted octanol–water partition coefficient (Wildman–Crippen LogP) is 4.83. The highest BCUT2D eigenvalue weighted by atomic mass is 16.6. The van der Waals surface area contributed by atoms with E-state index < -0.39 is 0 Å². The average molecular weight is 264 g/mol. The molecule has 0 radical (unpaired) electrons. The normalized spacial score (nSPS) is 12.5. The molecule has 0 N–H and O–H groups in total.